The van der Waals surface area contributed by atoms with E-state index in [4.69, 9.17) is 11.6 Å². The highest BCUT2D eigenvalue weighted by atomic mass is 35.5. The van der Waals surface area contributed by atoms with Gasteiger partial charge in [0.15, 0.2) is 0 Å². The molecule has 2 aromatic heterocycles. The lowest BCUT2D eigenvalue weighted by atomic mass is 10.1. The van der Waals surface area contributed by atoms with Crippen LogP contribution in [0.5, 0.6) is 0 Å². The maximum absolute atomic E-state index is 6.08. The van der Waals surface area contributed by atoms with E-state index in [2.05, 4.69) is 30.4 Å². The van der Waals surface area contributed by atoms with Gasteiger partial charge in [-0.1, -0.05) is 11.6 Å². The Balaban J connectivity index is 2.63. The predicted molar refractivity (Wildman–Crippen MR) is 72.7 cm³/mol. The molecule has 0 amide bonds. The quantitative estimate of drug-likeness (QED) is 0.585. The number of aryl methyl sites for hydroxylation is 2. The Bertz CT molecular complexity index is 741. The average Bonchev–Trinajstić information content (AvgIpc) is 2.54. The highest BCUT2D eigenvalue weighted by molar-refractivity contribution is 6.31. The van der Waals surface area contributed by atoms with Crippen LogP contribution in [0.2, 0.25) is 5.02 Å². The fourth-order valence-electron chi connectivity index (χ4n) is 2.40. The van der Waals surface area contributed by atoms with Crippen molar-refractivity contribution in [2.45, 2.75) is 13.8 Å². The fraction of sp³-hybridized carbons (Fsp3) is 0.214. The van der Waals surface area contributed by atoms with Crippen LogP contribution in [-0.4, -0.2) is 9.55 Å². The van der Waals surface area contributed by atoms with Crippen LogP contribution in [0.1, 0.15) is 11.3 Å². The number of rotatable bonds is 0. The molecule has 0 radical (unpaired) electrons. The second-order valence-electron chi connectivity index (χ2n) is 4.45. The van der Waals surface area contributed by atoms with E-state index < -0.39 is 0 Å². The molecule has 0 fully saturated rings. The molecule has 3 heteroatoms. The molecule has 0 aliphatic carbocycles. The van der Waals surface area contributed by atoms with Crippen molar-refractivity contribution in [1.82, 2.24) is 9.55 Å². The molecule has 17 heavy (non-hydrogen) atoms. The summed E-state index contributed by atoms with van der Waals surface area (Å²) >= 11 is 6.08. The molecule has 86 valence electrons. The van der Waals surface area contributed by atoms with E-state index in [-0.39, 0.29) is 0 Å². The van der Waals surface area contributed by atoms with Gasteiger partial charge in [-0.15, -0.1) is 0 Å². The minimum atomic E-state index is 0.753. The summed E-state index contributed by atoms with van der Waals surface area (Å²) in [5.41, 5.74) is 4.76. The van der Waals surface area contributed by atoms with Crippen molar-refractivity contribution in [1.29, 1.82) is 0 Å². The van der Waals surface area contributed by atoms with Crippen LogP contribution >= 0.6 is 11.6 Å². The summed E-state index contributed by atoms with van der Waals surface area (Å²) in [5.74, 6) is 0. The molecule has 0 aliphatic heterocycles. The predicted octanol–water partition coefficient (Wildman–Crippen LogP) is 4.00. The molecule has 3 rings (SSSR count). The highest BCUT2D eigenvalue weighted by Gasteiger charge is 2.12. The van der Waals surface area contributed by atoms with Crippen molar-refractivity contribution in [2.24, 2.45) is 7.05 Å². The monoisotopic (exact) mass is 244 g/mol. The fourth-order valence-corrected chi connectivity index (χ4v) is 2.57. The Morgan fingerprint density at radius 1 is 1.18 bits per heavy atom. The Labute approximate surface area is 105 Å². The number of hydrogen-bond donors (Lipinski definition) is 0. The van der Waals surface area contributed by atoms with E-state index in [1.807, 2.05) is 24.4 Å². The standard InChI is InChI=1S/C14H13ClN2/c1-8-9(2)17(3)14-11-6-10(15)4-5-13(11)16-7-12(8)14/h4-7H,1-3H3. The number of benzene rings is 1. The van der Waals surface area contributed by atoms with E-state index in [0.717, 1.165) is 15.9 Å². The molecule has 1 aromatic carbocycles. The first-order valence-electron chi connectivity index (χ1n) is 5.59. The number of fused-ring (bicyclic) bond motifs is 3. The minimum absolute atomic E-state index is 0.753. The van der Waals surface area contributed by atoms with Crippen molar-refractivity contribution in [2.75, 3.05) is 0 Å². The van der Waals surface area contributed by atoms with E-state index in [9.17, 15) is 0 Å². The maximum atomic E-state index is 6.08. The van der Waals surface area contributed by atoms with Crippen molar-refractivity contribution >= 4 is 33.4 Å². The number of pyridine rings is 1. The largest absolute Gasteiger partial charge is 0.347 e. The van der Waals surface area contributed by atoms with Gasteiger partial charge >= 0.3 is 0 Å². The normalized spacial score (nSPS) is 11.5. The van der Waals surface area contributed by atoms with Crippen LogP contribution in [0.4, 0.5) is 0 Å². The average molecular weight is 245 g/mol. The molecule has 3 aromatic rings. The topological polar surface area (TPSA) is 17.8 Å². The second-order valence-corrected chi connectivity index (χ2v) is 4.89. The third-order valence-corrected chi connectivity index (χ3v) is 3.82. The molecule has 0 bridgehead atoms. The molecule has 2 heterocycles. The molecule has 0 unspecified atom stereocenters. The molecular formula is C14H13ClN2. The van der Waals surface area contributed by atoms with Gasteiger partial charge in [-0.05, 0) is 37.6 Å². The van der Waals surface area contributed by atoms with Crippen molar-refractivity contribution in [3.8, 4) is 0 Å². The van der Waals surface area contributed by atoms with Crippen LogP contribution in [0.15, 0.2) is 24.4 Å². The lowest BCUT2D eigenvalue weighted by Gasteiger charge is -2.03. The molecule has 0 N–H and O–H groups in total. The number of hydrogen-bond acceptors (Lipinski definition) is 1. The van der Waals surface area contributed by atoms with Gasteiger partial charge in [0.1, 0.15) is 0 Å². The van der Waals surface area contributed by atoms with Crippen LogP contribution in [0.3, 0.4) is 0 Å². The number of nitrogens with zero attached hydrogens (tertiary/aromatic N) is 2. The summed E-state index contributed by atoms with van der Waals surface area (Å²) in [5, 5.41) is 3.08. The van der Waals surface area contributed by atoms with Gasteiger partial charge in [0.2, 0.25) is 0 Å². The number of aromatic nitrogens is 2. The summed E-state index contributed by atoms with van der Waals surface area (Å²) in [4.78, 5) is 4.49. The second kappa shape index (κ2) is 3.47. The summed E-state index contributed by atoms with van der Waals surface area (Å²) < 4.78 is 2.21. The summed E-state index contributed by atoms with van der Waals surface area (Å²) in [6.45, 7) is 4.27. The lowest BCUT2D eigenvalue weighted by molar-refractivity contribution is 0.913. The summed E-state index contributed by atoms with van der Waals surface area (Å²) in [6.07, 6.45) is 1.95. The molecule has 2 nitrogen and oxygen atoms in total. The molecule has 0 atom stereocenters. The molecule has 0 spiro atoms. The van der Waals surface area contributed by atoms with Gasteiger partial charge in [0, 0.05) is 34.7 Å². The van der Waals surface area contributed by atoms with Crippen LogP contribution in [-0.2, 0) is 7.05 Å². The lowest BCUT2D eigenvalue weighted by Crippen LogP contribution is -1.91. The Morgan fingerprint density at radius 2 is 1.94 bits per heavy atom. The minimum Gasteiger partial charge on any atom is -0.347 e. The first kappa shape index (κ1) is 10.6. The van der Waals surface area contributed by atoms with E-state index in [1.165, 1.54) is 22.2 Å². The molecular weight excluding hydrogens is 232 g/mol. The van der Waals surface area contributed by atoms with Crippen molar-refractivity contribution in [3.05, 3.63) is 40.7 Å². The maximum Gasteiger partial charge on any atom is 0.0724 e. The van der Waals surface area contributed by atoms with Crippen LogP contribution < -0.4 is 0 Å². The van der Waals surface area contributed by atoms with E-state index in [0.29, 0.717) is 0 Å². The zero-order chi connectivity index (χ0) is 12.2. The Kier molecular flexibility index (Phi) is 2.17. The Morgan fingerprint density at radius 3 is 2.71 bits per heavy atom. The first-order chi connectivity index (χ1) is 8.09. The van der Waals surface area contributed by atoms with Gasteiger partial charge in [-0.25, -0.2) is 0 Å². The zero-order valence-electron chi connectivity index (χ0n) is 10.1. The van der Waals surface area contributed by atoms with Gasteiger partial charge in [-0.3, -0.25) is 4.98 Å². The van der Waals surface area contributed by atoms with Crippen molar-refractivity contribution < 1.29 is 0 Å². The highest BCUT2D eigenvalue weighted by Crippen LogP contribution is 2.30. The number of halogens is 1. The van der Waals surface area contributed by atoms with E-state index in [1.54, 1.807) is 0 Å². The third-order valence-electron chi connectivity index (χ3n) is 3.59. The van der Waals surface area contributed by atoms with Crippen LogP contribution in [0, 0.1) is 13.8 Å². The van der Waals surface area contributed by atoms with Gasteiger partial charge < -0.3 is 4.57 Å². The molecule has 0 saturated carbocycles. The van der Waals surface area contributed by atoms with Gasteiger partial charge in [-0.2, -0.15) is 0 Å². The molecule has 0 aliphatic rings. The molecule has 0 saturated heterocycles. The SMILES string of the molecule is Cc1c(C)n(C)c2c1cnc1ccc(Cl)cc12. The van der Waals surface area contributed by atoms with Crippen molar-refractivity contribution in [3.63, 3.8) is 0 Å². The Hall–Kier alpha value is -1.54. The smallest absolute Gasteiger partial charge is 0.0724 e. The summed E-state index contributed by atoms with van der Waals surface area (Å²) in [7, 11) is 2.09. The third kappa shape index (κ3) is 1.37. The first-order valence-corrected chi connectivity index (χ1v) is 5.97. The van der Waals surface area contributed by atoms with E-state index >= 15 is 0 Å². The summed E-state index contributed by atoms with van der Waals surface area (Å²) in [6, 6.07) is 5.84. The van der Waals surface area contributed by atoms with Gasteiger partial charge in [0.25, 0.3) is 0 Å². The zero-order valence-corrected chi connectivity index (χ0v) is 10.8. The van der Waals surface area contributed by atoms with Crippen LogP contribution in [0.25, 0.3) is 21.8 Å². The van der Waals surface area contributed by atoms with Gasteiger partial charge in [0.05, 0.1) is 11.0 Å².